The molecule has 0 saturated carbocycles. The minimum absolute atomic E-state index is 0.0541. The van der Waals surface area contributed by atoms with Crippen LogP contribution in [0.5, 0.6) is 0 Å². The van der Waals surface area contributed by atoms with Crippen molar-refractivity contribution in [3.05, 3.63) is 205 Å². The molecule has 0 heterocycles. The molecule has 0 atom stereocenters. The summed E-state index contributed by atoms with van der Waals surface area (Å²) in [4.78, 5) is 0. The Bertz CT molecular complexity index is 2250. The first-order valence-electron chi connectivity index (χ1n) is 20.4. The highest BCUT2D eigenvalue weighted by molar-refractivity contribution is 7.99. The van der Waals surface area contributed by atoms with Crippen molar-refractivity contribution in [2.24, 2.45) is 9.03 Å². The third-order valence-electron chi connectivity index (χ3n) is 9.97. The van der Waals surface area contributed by atoms with Crippen LogP contribution in [-0.4, -0.2) is 36.9 Å². The largest absolute Gasteiger partial charge is 0.453 e. The standard InChI is InChI=1S/C48H54N2O7P4/c1-5-54-60(52,55-6-2)49-58(43-31-19-11-20-32-43,44-33-21-12-22-34-44)47(39-40-48(51,41-27-15-9-16-28-41)42-29-17-10-18-30-42)59(45-35-23-13-24-36-45,46-37-25-14-26-38-46)50-61(53,56-7-3)57-8-4/h9-40,47,51H,5-8H2,1-4H3/b40-39+. The zero-order valence-corrected chi connectivity index (χ0v) is 38.5. The van der Waals surface area contributed by atoms with E-state index in [1.165, 1.54) is 0 Å². The fraction of sp³-hybridized carbons (Fsp3) is 0.208. The average molecular weight is 895 g/mol. The lowest BCUT2D eigenvalue weighted by Crippen LogP contribution is -2.33. The number of nitrogens with zero attached hydrogens (tertiary/aromatic N) is 2. The molecule has 0 spiro atoms. The van der Waals surface area contributed by atoms with Crippen LogP contribution in [0.3, 0.4) is 0 Å². The Morgan fingerprint density at radius 3 is 0.951 bits per heavy atom. The smallest absolute Gasteiger partial charge is 0.377 e. The number of benzene rings is 6. The summed E-state index contributed by atoms with van der Waals surface area (Å²) in [6.45, 7) is 7.23. The van der Waals surface area contributed by atoms with Crippen LogP contribution in [0, 0.1) is 0 Å². The lowest BCUT2D eigenvalue weighted by atomic mass is 9.86. The van der Waals surface area contributed by atoms with E-state index in [2.05, 4.69) is 0 Å². The molecule has 318 valence electrons. The van der Waals surface area contributed by atoms with Crippen molar-refractivity contribution in [1.82, 2.24) is 0 Å². The second kappa shape index (κ2) is 21.2. The minimum atomic E-state index is -4.31. The van der Waals surface area contributed by atoms with E-state index in [1.54, 1.807) is 33.8 Å². The van der Waals surface area contributed by atoms with Crippen LogP contribution in [0.25, 0.3) is 0 Å². The lowest BCUT2D eigenvalue weighted by molar-refractivity contribution is 0.134. The van der Waals surface area contributed by atoms with Crippen molar-refractivity contribution in [1.29, 1.82) is 0 Å². The van der Waals surface area contributed by atoms with E-state index in [9.17, 15) is 5.11 Å². The van der Waals surface area contributed by atoms with Gasteiger partial charge in [-0.25, -0.2) is 9.13 Å². The number of aliphatic hydroxyl groups is 1. The summed E-state index contributed by atoms with van der Waals surface area (Å²) in [5.74, 6) is 0. The molecular formula is C48H54N2O7P4. The van der Waals surface area contributed by atoms with Crippen LogP contribution in [0.2, 0.25) is 0 Å². The van der Waals surface area contributed by atoms with Gasteiger partial charge in [-0.3, -0.25) is 18.1 Å². The zero-order chi connectivity index (χ0) is 43.2. The van der Waals surface area contributed by atoms with Gasteiger partial charge < -0.3 is 5.11 Å². The van der Waals surface area contributed by atoms with E-state index < -0.39 is 40.6 Å². The van der Waals surface area contributed by atoms with E-state index >= 15 is 9.13 Å². The molecule has 0 saturated heterocycles. The van der Waals surface area contributed by atoms with Gasteiger partial charge in [0, 0.05) is 0 Å². The number of rotatable bonds is 20. The van der Waals surface area contributed by atoms with Gasteiger partial charge in [0.2, 0.25) is 0 Å². The van der Waals surface area contributed by atoms with Crippen molar-refractivity contribution in [3.63, 3.8) is 0 Å². The molecule has 0 radical (unpaired) electrons. The van der Waals surface area contributed by atoms with Gasteiger partial charge in [0.15, 0.2) is 0 Å². The first-order valence-corrected chi connectivity index (χ1v) is 27.0. The Kier molecular flexibility index (Phi) is 16.1. The number of allylic oxidation sites excluding steroid dienone is 1. The third-order valence-corrected chi connectivity index (χ3v) is 24.5. The lowest BCUT2D eigenvalue weighted by Gasteiger charge is -2.42. The summed E-state index contributed by atoms with van der Waals surface area (Å²) in [6.07, 6.45) is 3.74. The first kappa shape index (κ1) is 46.3. The van der Waals surface area contributed by atoms with Gasteiger partial charge in [0.25, 0.3) is 0 Å². The maximum absolute atomic E-state index is 15.4. The predicted octanol–water partition coefficient (Wildman–Crippen LogP) is 11.9. The van der Waals surface area contributed by atoms with E-state index in [0.29, 0.717) is 11.1 Å². The van der Waals surface area contributed by atoms with Crippen LogP contribution in [0.4, 0.5) is 0 Å². The van der Waals surface area contributed by atoms with E-state index in [-0.39, 0.29) is 26.4 Å². The monoisotopic (exact) mass is 894 g/mol. The van der Waals surface area contributed by atoms with Crippen molar-refractivity contribution < 1.29 is 32.3 Å². The van der Waals surface area contributed by atoms with E-state index in [4.69, 9.17) is 27.1 Å². The molecule has 0 aromatic heterocycles. The van der Waals surface area contributed by atoms with Gasteiger partial charge in [-0.05, 0) is 66.1 Å². The summed E-state index contributed by atoms with van der Waals surface area (Å²) < 4.78 is 66.3. The highest BCUT2D eigenvalue weighted by Gasteiger charge is 2.49. The summed E-state index contributed by atoms with van der Waals surface area (Å²) >= 11 is 0. The maximum atomic E-state index is 15.4. The molecule has 6 rings (SSSR count). The van der Waals surface area contributed by atoms with Crippen molar-refractivity contribution in [2.45, 2.75) is 38.7 Å². The Morgan fingerprint density at radius 1 is 0.459 bits per heavy atom. The molecule has 0 unspecified atom stereocenters. The van der Waals surface area contributed by atoms with E-state index in [1.807, 2.05) is 188 Å². The SMILES string of the molecule is CCOP(=O)(N=P(c1ccccc1)(c1ccccc1)C(/C=C/C(O)(c1ccccc1)c1ccccc1)P(=NP(=O)(OCC)OCC)(c1ccccc1)c1ccccc1)OCC. The second-order valence-electron chi connectivity index (χ2n) is 13.8. The molecule has 6 aromatic carbocycles. The van der Waals surface area contributed by atoms with Crippen LogP contribution in [0.15, 0.2) is 203 Å². The molecule has 0 bridgehead atoms. The molecule has 0 aliphatic rings. The molecule has 6 aromatic rings. The van der Waals surface area contributed by atoms with Gasteiger partial charge in [-0.15, -0.1) is 0 Å². The number of hydrogen-bond acceptors (Lipinski definition) is 7. The normalized spacial score (nSPS) is 12.8. The Morgan fingerprint density at radius 2 is 0.705 bits per heavy atom. The molecule has 9 nitrogen and oxygen atoms in total. The van der Waals surface area contributed by atoms with Gasteiger partial charge in [-0.2, -0.15) is 9.03 Å². The summed E-state index contributed by atoms with van der Waals surface area (Å²) in [5, 5.41) is 15.3. The van der Waals surface area contributed by atoms with Gasteiger partial charge in [-0.1, -0.05) is 188 Å². The topological polar surface area (TPSA) is 116 Å². The van der Waals surface area contributed by atoms with Crippen LogP contribution < -0.4 is 21.2 Å². The fourth-order valence-corrected chi connectivity index (χ4v) is 24.4. The van der Waals surface area contributed by atoms with Crippen LogP contribution in [-0.2, 0) is 32.8 Å². The first-order chi connectivity index (χ1) is 29.6. The molecule has 13 heteroatoms. The van der Waals surface area contributed by atoms with Gasteiger partial charge in [0.1, 0.15) is 5.60 Å². The van der Waals surface area contributed by atoms with Crippen molar-refractivity contribution in [2.75, 3.05) is 26.4 Å². The summed E-state index contributed by atoms with van der Waals surface area (Å²) in [6, 6.07) is 57.7. The van der Waals surface area contributed by atoms with Crippen LogP contribution in [0.1, 0.15) is 38.8 Å². The highest BCUT2D eigenvalue weighted by atomic mass is 31.3. The molecule has 0 fully saturated rings. The highest BCUT2D eigenvalue weighted by Crippen LogP contribution is 2.76. The second-order valence-corrected chi connectivity index (χ2v) is 24.4. The number of hydrogen-bond donors (Lipinski definition) is 1. The summed E-state index contributed by atoms with van der Waals surface area (Å²) in [7, 11) is -16.0. The quantitative estimate of drug-likeness (QED) is 0.0599. The Hall–Kier alpha value is -4.22. The van der Waals surface area contributed by atoms with Crippen LogP contribution >= 0.6 is 29.6 Å². The fourth-order valence-electron chi connectivity index (χ4n) is 7.48. The summed E-state index contributed by atoms with van der Waals surface area (Å²) in [5.41, 5.74) is -0.485. The van der Waals surface area contributed by atoms with Crippen molar-refractivity contribution >= 4 is 50.8 Å². The molecule has 0 amide bonds. The molecule has 1 N–H and O–H groups in total. The maximum Gasteiger partial charge on any atom is 0.453 e. The van der Waals surface area contributed by atoms with E-state index in [0.717, 1.165) is 21.2 Å². The Balaban J connectivity index is 1.97. The zero-order valence-electron chi connectivity index (χ0n) is 35.0. The Labute approximate surface area is 361 Å². The predicted molar refractivity (Wildman–Crippen MR) is 254 cm³/mol. The minimum Gasteiger partial charge on any atom is -0.377 e. The van der Waals surface area contributed by atoms with Gasteiger partial charge in [0.05, 0.1) is 45.9 Å². The van der Waals surface area contributed by atoms with Crippen molar-refractivity contribution in [3.8, 4) is 0 Å². The molecule has 0 aliphatic heterocycles. The third kappa shape index (κ3) is 10.2. The molecule has 0 aliphatic carbocycles. The van der Waals surface area contributed by atoms with Gasteiger partial charge >= 0.3 is 15.5 Å². The average Bonchev–Trinajstić information content (AvgIpc) is 3.30. The molecule has 61 heavy (non-hydrogen) atoms. The molecular weight excluding hydrogens is 840 g/mol.